The lowest BCUT2D eigenvalue weighted by atomic mass is 10.00. The molecule has 0 aromatic carbocycles. The molecule has 1 N–H and O–H groups in total. The van der Waals surface area contributed by atoms with Crippen molar-refractivity contribution in [3.05, 3.63) is 22.3 Å². The van der Waals surface area contributed by atoms with Crippen molar-refractivity contribution < 1.29 is 4.79 Å². The summed E-state index contributed by atoms with van der Waals surface area (Å²) in [6.45, 7) is 4.55. The second-order valence-corrected chi connectivity index (χ2v) is 7.15. The number of H-pyrrole nitrogens is 1. The van der Waals surface area contributed by atoms with Crippen LogP contribution < -0.4 is 0 Å². The normalized spacial score (nSPS) is 18.6. The molecule has 1 aliphatic heterocycles. The van der Waals surface area contributed by atoms with E-state index < -0.39 is 0 Å². The number of likely N-dealkylation sites (tertiary alicyclic amines) is 1. The van der Waals surface area contributed by atoms with E-state index >= 15 is 0 Å². The number of hydrogen-bond acceptors (Lipinski definition) is 4. The molecule has 0 saturated carbocycles. The van der Waals surface area contributed by atoms with Gasteiger partial charge in [-0.15, -0.1) is 11.3 Å². The van der Waals surface area contributed by atoms with Crippen LogP contribution >= 0.6 is 23.6 Å². The fraction of sp³-hybridized carbons (Fsp3) is 0.533. The van der Waals surface area contributed by atoms with Crippen LogP contribution in [0.25, 0.3) is 10.7 Å². The molecule has 7 heteroatoms. The first-order valence-electron chi connectivity index (χ1n) is 7.62. The lowest BCUT2D eigenvalue weighted by Crippen LogP contribution is -2.39. The molecule has 3 rings (SSSR count). The van der Waals surface area contributed by atoms with E-state index in [0.29, 0.717) is 23.7 Å². The van der Waals surface area contributed by atoms with Crippen molar-refractivity contribution in [3.63, 3.8) is 0 Å². The van der Waals surface area contributed by atoms with E-state index in [4.69, 9.17) is 12.2 Å². The van der Waals surface area contributed by atoms with Crippen LogP contribution in [-0.4, -0.2) is 38.7 Å². The molecular formula is C15H20N4OS2. The monoisotopic (exact) mass is 336 g/mol. The predicted octanol–water partition coefficient (Wildman–Crippen LogP) is 3.32. The van der Waals surface area contributed by atoms with E-state index in [2.05, 4.69) is 17.1 Å². The van der Waals surface area contributed by atoms with Gasteiger partial charge in [0.25, 0.3) is 0 Å². The summed E-state index contributed by atoms with van der Waals surface area (Å²) in [6, 6.07) is 4.00. The number of thiophene rings is 1. The first-order valence-corrected chi connectivity index (χ1v) is 8.91. The molecule has 3 heterocycles. The molecule has 1 unspecified atom stereocenters. The van der Waals surface area contributed by atoms with E-state index in [-0.39, 0.29) is 5.91 Å². The van der Waals surface area contributed by atoms with Crippen molar-refractivity contribution in [1.82, 2.24) is 19.7 Å². The highest BCUT2D eigenvalue weighted by molar-refractivity contribution is 7.71. The molecule has 1 fully saturated rings. The Morgan fingerprint density at radius 1 is 1.59 bits per heavy atom. The zero-order chi connectivity index (χ0) is 15.5. The van der Waals surface area contributed by atoms with Gasteiger partial charge in [-0.25, -0.2) is 0 Å². The van der Waals surface area contributed by atoms with Crippen LogP contribution in [-0.2, 0) is 11.3 Å². The summed E-state index contributed by atoms with van der Waals surface area (Å²) in [5.41, 5.74) is 0. The minimum Gasteiger partial charge on any atom is -0.342 e. The summed E-state index contributed by atoms with van der Waals surface area (Å²) in [7, 11) is 0. The molecule has 2 aromatic rings. The highest BCUT2D eigenvalue weighted by atomic mass is 32.1. The Morgan fingerprint density at radius 2 is 2.45 bits per heavy atom. The van der Waals surface area contributed by atoms with Crippen molar-refractivity contribution in [2.75, 3.05) is 13.1 Å². The summed E-state index contributed by atoms with van der Waals surface area (Å²) in [5, 5.41) is 9.14. The lowest BCUT2D eigenvalue weighted by molar-refractivity contribution is -0.133. The van der Waals surface area contributed by atoms with Crippen LogP contribution in [0, 0.1) is 10.7 Å². The summed E-state index contributed by atoms with van der Waals surface area (Å²) >= 11 is 6.92. The van der Waals surface area contributed by atoms with E-state index in [1.807, 2.05) is 27.0 Å². The van der Waals surface area contributed by atoms with Gasteiger partial charge in [-0.1, -0.05) is 13.0 Å². The number of piperidine rings is 1. The van der Waals surface area contributed by atoms with Gasteiger partial charge in [0.1, 0.15) is 0 Å². The maximum atomic E-state index is 12.4. The third kappa shape index (κ3) is 3.30. The van der Waals surface area contributed by atoms with E-state index in [1.54, 1.807) is 11.3 Å². The van der Waals surface area contributed by atoms with Gasteiger partial charge in [0, 0.05) is 26.1 Å². The van der Waals surface area contributed by atoms with Crippen molar-refractivity contribution in [2.45, 2.75) is 32.7 Å². The summed E-state index contributed by atoms with van der Waals surface area (Å²) < 4.78 is 2.50. The molecule has 0 aliphatic carbocycles. The first-order chi connectivity index (χ1) is 10.6. The van der Waals surface area contributed by atoms with E-state index in [1.165, 1.54) is 6.42 Å². The van der Waals surface area contributed by atoms with Crippen molar-refractivity contribution in [2.24, 2.45) is 5.92 Å². The molecule has 22 heavy (non-hydrogen) atoms. The van der Waals surface area contributed by atoms with Crippen molar-refractivity contribution in [3.8, 4) is 10.7 Å². The van der Waals surface area contributed by atoms with Crippen LogP contribution in [0.15, 0.2) is 17.5 Å². The topological polar surface area (TPSA) is 53.9 Å². The number of amides is 1. The van der Waals surface area contributed by atoms with Crippen LogP contribution in [0.3, 0.4) is 0 Å². The molecule has 1 amide bonds. The Hall–Kier alpha value is -1.47. The summed E-state index contributed by atoms with van der Waals surface area (Å²) in [6.07, 6.45) is 2.80. The van der Waals surface area contributed by atoms with E-state index in [9.17, 15) is 4.79 Å². The van der Waals surface area contributed by atoms with Gasteiger partial charge >= 0.3 is 0 Å². The minimum atomic E-state index is 0.215. The summed E-state index contributed by atoms with van der Waals surface area (Å²) in [4.78, 5) is 15.4. The third-order valence-corrected chi connectivity index (χ3v) is 5.24. The quantitative estimate of drug-likeness (QED) is 0.872. The second kappa shape index (κ2) is 6.75. The maximum Gasteiger partial charge on any atom is 0.224 e. The van der Waals surface area contributed by atoms with E-state index in [0.717, 1.165) is 30.2 Å². The van der Waals surface area contributed by atoms with Gasteiger partial charge in [0.05, 0.1) is 4.88 Å². The van der Waals surface area contributed by atoms with Gasteiger partial charge in [0.2, 0.25) is 5.91 Å². The fourth-order valence-corrected chi connectivity index (χ4v) is 3.85. The zero-order valence-corrected chi connectivity index (χ0v) is 14.3. The maximum absolute atomic E-state index is 12.4. The number of aromatic nitrogens is 3. The first kappa shape index (κ1) is 15.4. The molecule has 1 saturated heterocycles. The van der Waals surface area contributed by atoms with Gasteiger partial charge < -0.3 is 4.90 Å². The van der Waals surface area contributed by atoms with Gasteiger partial charge in [0.15, 0.2) is 10.6 Å². The zero-order valence-electron chi connectivity index (χ0n) is 12.6. The molecular weight excluding hydrogens is 316 g/mol. The molecule has 118 valence electrons. The van der Waals surface area contributed by atoms with Crippen LogP contribution in [0.4, 0.5) is 0 Å². The molecule has 1 atom stereocenters. The third-order valence-electron chi connectivity index (χ3n) is 4.06. The SMILES string of the molecule is CC1CCCN(C(=O)CCn2c(-c3cccs3)n[nH]c2=S)C1. The smallest absolute Gasteiger partial charge is 0.224 e. The van der Waals surface area contributed by atoms with Gasteiger partial charge in [-0.2, -0.15) is 5.10 Å². The number of rotatable bonds is 4. The Morgan fingerprint density at radius 3 is 3.18 bits per heavy atom. The Labute approximate surface area is 139 Å². The highest BCUT2D eigenvalue weighted by Crippen LogP contribution is 2.23. The lowest BCUT2D eigenvalue weighted by Gasteiger charge is -2.31. The Kier molecular flexibility index (Phi) is 4.73. The van der Waals surface area contributed by atoms with Crippen molar-refractivity contribution >= 4 is 29.5 Å². The standard InChI is InChI=1S/C15H20N4OS2/c1-11-4-2-7-18(10-11)13(20)6-8-19-14(16-17-15(19)21)12-5-3-9-22-12/h3,5,9,11H,2,4,6-8,10H2,1H3,(H,17,21). The molecule has 0 radical (unpaired) electrons. The van der Waals surface area contributed by atoms with Crippen LogP contribution in [0.2, 0.25) is 0 Å². The summed E-state index contributed by atoms with van der Waals surface area (Å²) in [5.74, 6) is 1.64. The molecule has 2 aromatic heterocycles. The Bertz CT molecular complexity index is 689. The average Bonchev–Trinajstić information content (AvgIpc) is 3.14. The number of nitrogens with zero attached hydrogens (tertiary/aromatic N) is 3. The number of carbonyl (C=O) groups excluding carboxylic acids is 1. The Balaban J connectivity index is 1.68. The van der Waals surface area contributed by atoms with Gasteiger partial charge in [-0.05, 0) is 42.4 Å². The number of hydrogen-bond donors (Lipinski definition) is 1. The number of nitrogens with one attached hydrogen (secondary N) is 1. The minimum absolute atomic E-state index is 0.215. The average molecular weight is 336 g/mol. The predicted molar refractivity (Wildman–Crippen MR) is 90.3 cm³/mol. The van der Waals surface area contributed by atoms with Crippen molar-refractivity contribution in [1.29, 1.82) is 0 Å². The van der Waals surface area contributed by atoms with Crippen LogP contribution in [0.5, 0.6) is 0 Å². The largest absolute Gasteiger partial charge is 0.342 e. The second-order valence-electron chi connectivity index (χ2n) is 5.82. The highest BCUT2D eigenvalue weighted by Gasteiger charge is 2.21. The molecule has 0 bridgehead atoms. The molecule has 1 aliphatic rings. The molecule has 5 nitrogen and oxygen atoms in total. The number of carbonyl (C=O) groups is 1. The van der Waals surface area contributed by atoms with Gasteiger partial charge in [-0.3, -0.25) is 14.5 Å². The van der Waals surface area contributed by atoms with Crippen LogP contribution in [0.1, 0.15) is 26.2 Å². The fourth-order valence-electron chi connectivity index (χ4n) is 2.90. The number of aromatic amines is 1. The molecule has 0 spiro atoms.